The summed E-state index contributed by atoms with van der Waals surface area (Å²) < 4.78 is 11.8. The van der Waals surface area contributed by atoms with Gasteiger partial charge in [-0.1, -0.05) is 6.42 Å². The van der Waals surface area contributed by atoms with E-state index in [9.17, 15) is 4.79 Å². The first kappa shape index (κ1) is 19.7. The Morgan fingerprint density at radius 3 is 2.36 bits per heavy atom. The molecule has 154 valence electrons. The van der Waals surface area contributed by atoms with E-state index in [1.807, 2.05) is 45.0 Å². The lowest BCUT2D eigenvalue weighted by Gasteiger charge is -2.51. The van der Waals surface area contributed by atoms with Gasteiger partial charge in [0.25, 0.3) is 0 Å². The number of morpholine rings is 1. The normalized spacial score (nSPS) is 23.5. The Morgan fingerprint density at radius 1 is 1.11 bits per heavy atom. The van der Waals surface area contributed by atoms with Crippen molar-refractivity contribution >= 4 is 11.7 Å². The molecule has 0 bridgehead atoms. The maximum atomic E-state index is 12.2. The first-order valence-electron chi connectivity index (χ1n) is 10.8. The summed E-state index contributed by atoms with van der Waals surface area (Å²) in [5, 5.41) is 0. The summed E-state index contributed by atoms with van der Waals surface area (Å²) in [6.07, 6.45) is 6.27. The van der Waals surface area contributed by atoms with Crippen molar-refractivity contribution in [3.63, 3.8) is 0 Å². The second kappa shape index (κ2) is 7.68. The molecule has 1 aromatic carbocycles. The molecule has 3 fully saturated rings. The van der Waals surface area contributed by atoms with Crippen molar-refractivity contribution in [3.05, 3.63) is 29.8 Å². The third-order valence-corrected chi connectivity index (χ3v) is 6.41. The summed E-state index contributed by atoms with van der Waals surface area (Å²) in [6.45, 7) is 10.8. The number of carbonyl (C=O) groups is 1. The van der Waals surface area contributed by atoms with Gasteiger partial charge in [-0.3, -0.25) is 4.90 Å². The molecule has 0 N–H and O–H groups in total. The predicted octanol–water partition coefficient (Wildman–Crippen LogP) is 3.87. The van der Waals surface area contributed by atoms with Gasteiger partial charge >= 0.3 is 5.97 Å². The number of piperidine rings is 1. The van der Waals surface area contributed by atoms with Crippen LogP contribution in [-0.2, 0) is 9.47 Å². The van der Waals surface area contributed by atoms with E-state index in [1.165, 1.54) is 24.9 Å². The van der Waals surface area contributed by atoms with Crippen LogP contribution in [0.5, 0.6) is 0 Å². The molecule has 5 nitrogen and oxygen atoms in total. The van der Waals surface area contributed by atoms with Crippen molar-refractivity contribution in [2.75, 3.05) is 37.7 Å². The van der Waals surface area contributed by atoms with E-state index in [0.29, 0.717) is 5.56 Å². The number of anilines is 1. The van der Waals surface area contributed by atoms with Gasteiger partial charge in [0.2, 0.25) is 0 Å². The average Bonchev–Trinajstić information content (AvgIpc) is 2.60. The minimum Gasteiger partial charge on any atom is -0.456 e. The topological polar surface area (TPSA) is 42.0 Å². The summed E-state index contributed by atoms with van der Waals surface area (Å²) in [5.41, 5.74) is 1.36. The lowest BCUT2D eigenvalue weighted by atomic mass is 9.85. The molecular formula is C23H34N2O3. The number of hydrogen-bond donors (Lipinski definition) is 0. The number of rotatable bonds is 3. The van der Waals surface area contributed by atoms with Crippen LogP contribution in [0.25, 0.3) is 0 Å². The molecule has 0 atom stereocenters. The number of benzene rings is 1. The number of hydrogen-bond acceptors (Lipinski definition) is 5. The summed E-state index contributed by atoms with van der Waals surface area (Å²) in [5.74, 6) is -0.261. The molecule has 28 heavy (non-hydrogen) atoms. The van der Waals surface area contributed by atoms with Crippen molar-refractivity contribution < 1.29 is 14.3 Å². The van der Waals surface area contributed by atoms with Gasteiger partial charge in [-0.05, 0) is 70.7 Å². The Bertz CT molecular complexity index is 683. The molecule has 0 aromatic heterocycles. The molecule has 1 aliphatic carbocycles. The van der Waals surface area contributed by atoms with Gasteiger partial charge < -0.3 is 14.4 Å². The lowest BCUT2D eigenvalue weighted by Crippen LogP contribution is -2.59. The molecule has 4 rings (SSSR count). The molecule has 5 heteroatoms. The standard InChI is InChI=1S/C23H34N2O3/c1-22(2,3)28-21(26)18-7-9-20(10-8-18)24-13-11-23(12-14-24)17-25(15-16-27-23)19-5-4-6-19/h7-10,19H,4-6,11-17H2,1-3H3. The van der Waals surface area contributed by atoms with E-state index in [1.54, 1.807) is 0 Å². The highest BCUT2D eigenvalue weighted by Gasteiger charge is 2.42. The van der Waals surface area contributed by atoms with Gasteiger partial charge in [0.05, 0.1) is 17.8 Å². The van der Waals surface area contributed by atoms with Crippen LogP contribution in [0.1, 0.15) is 63.2 Å². The molecule has 0 amide bonds. The Hall–Kier alpha value is -1.59. The van der Waals surface area contributed by atoms with Crippen LogP contribution >= 0.6 is 0 Å². The third kappa shape index (κ3) is 4.36. The van der Waals surface area contributed by atoms with Crippen molar-refractivity contribution in [3.8, 4) is 0 Å². The minimum atomic E-state index is -0.468. The minimum absolute atomic E-state index is 0.0425. The van der Waals surface area contributed by atoms with Crippen LogP contribution in [-0.4, -0.2) is 60.9 Å². The van der Waals surface area contributed by atoms with Gasteiger partial charge in [-0.15, -0.1) is 0 Å². The van der Waals surface area contributed by atoms with E-state index in [2.05, 4.69) is 9.80 Å². The van der Waals surface area contributed by atoms with Gasteiger partial charge in [-0.25, -0.2) is 4.79 Å². The maximum Gasteiger partial charge on any atom is 0.338 e. The highest BCUT2D eigenvalue weighted by molar-refractivity contribution is 5.90. The number of ether oxygens (including phenoxy) is 2. The SMILES string of the molecule is CC(C)(C)OC(=O)c1ccc(N2CCC3(CC2)CN(C2CCC2)CCO3)cc1. The van der Waals surface area contributed by atoms with Crippen molar-refractivity contribution in [2.45, 2.75) is 70.1 Å². The van der Waals surface area contributed by atoms with Gasteiger partial charge in [0.1, 0.15) is 5.60 Å². The summed E-state index contributed by atoms with van der Waals surface area (Å²) in [6, 6.07) is 8.64. The van der Waals surface area contributed by atoms with Crippen LogP contribution in [0.2, 0.25) is 0 Å². The molecule has 3 aliphatic rings. The van der Waals surface area contributed by atoms with Gasteiger partial charge in [-0.2, -0.15) is 0 Å². The molecule has 0 unspecified atom stereocenters. The molecule has 0 radical (unpaired) electrons. The van der Waals surface area contributed by atoms with Crippen LogP contribution in [0.3, 0.4) is 0 Å². The average molecular weight is 387 g/mol. The zero-order valence-corrected chi connectivity index (χ0v) is 17.6. The first-order valence-corrected chi connectivity index (χ1v) is 10.8. The number of carbonyl (C=O) groups excluding carboxylic acids is 1. The lowest BCUT2D eigenvalue weighted by molar-refractivity contribution is -0.135. The van der Waals surface area contributed by atoms with E-state index in [-0.39, 0.29) is 11.6 Å². The number of nitrogens with zero attached hydrogens (tertiary/aromatic N) is 2. The van der Waals surface area contributed by atoms with E-state index in [0.717, 1.165) is 51.7 Å². The predicted molar refractivity (Wildman–Crippen MR) is 111 cm³/mol. The second-order valence-electron chi connectivity index (χ2n) is 9.62. The molecule has 1 aromatic rings. The summed E-state index contributed by atoms with van der Waals surface area (Å²) in [4.78, 5) is 17.3. The van der Waals surface area contributed by atoms with E-state index < -0.39 is 5.60 Å². The zero-order valence-electron chi connectivity index (χ0n) is 17.6. The molecule has 1 saturated carbocycles. The smallest absolute Gasteiger partial charge is 0.338 e. The molecule has 2 heterocycles. The summed E-state index contributed by atoms with van der Waals surface area (Å²) in [7, 11) is 0. The van der Waals surface area contributed by atoms with Gasteiger partial charge in [0, 0.05) is 37.9 Å². The fraction of sp³-hybridized carbons (Fsp3) is 0.696. The van der Waals surface area contributed by atoms with Crippen molar-refractivity contribution in [1.82, 2.24) is 4.90 Å². The Morgan fingerprint density at radius 2 is 1.79 bits per heavy atom. The van der Waals surface area contributed by atoms with Crippen molar-refractivity contribution in [1.29, 1.82) is 0 Å². The zero-order chi connectivity index (χ0) is 19.8. The number of esters is 1. The fourth-order valence-electron chi connectivity index (χ4n) is 4.56. The summed E-state index contributed by atoms with van der Waals surface area (Å²) >= 11 is 0. The Balaban J connectivity index is 1.34. The second-order valence-corrected chi connectivity index (χ2v) is 9.62. The highest BCUT2D eigenvalue weighted by atomic mass is 16.6. The monoisotopic (exact) mass is 386 g/mol. The van der Waals surface area contributed by atoms with E-state index >= 15 is 0 Å². The van der Waals surface area contributed by atoms with Crippen LogP contribution in [0.15, 0.2) is 24.3 Å². The van der Waals surface area contributed by atoms with Crippen molar-refractivity contribution in [2.24, 2.45) is 0 Å². The molecule has 2 saturated heterocycles. The maximum absolute atomic E-state index is 12.2. The largest absolute Gasteiger partial charge is 0.456 e. The quantitative estimate of drug-likeness (QED) is 0.738. The highest BCUT2D eigenvalue weighted by Crippen LogP contribution is 2.35. The molecule has 1 spiro atoms. The van der Waals surface area contributed by atoms with Crippen LogP contribution in [0.4, 0.5) is 5.69 Å². The third-order valence-electron chi connectivity index (χ3n) is 6.41. The Kier molecular flexibility index (Phi) is 5.41. The van der Waals surface area contributed by atoms with E-state index in [4.69, 9.17) is 9.47 Å². The van der Waals surface area contributed by atoms with Gasteiger partial charge in [0.15, 0.2) is 0 Å². The Labute approximate surface area is 169 Å². The van der Waals surface area contributed by atoms with Crippen LogP contribution in [0, 0.1) is 0 Å². The fourth-order valence-corrected chi connectivity index (χ4v) is 4.56. The molecular weight excluding hydrogens is 352 g/mol. The first-order chi connectivity index (χ1) is 13.3. The van der Waals surface area contributed by atoms with Crippen LogP contribution < -0.4 is 4.90 Å². The molecule has 2 aliphatic heterocycles.